The van der Waals surface area contributed by atoms with Crippen LogP contribution in [0.2, 0.25) is 5.02 Å². The molecule has 0 radical (unpaired) electrons. The van der Waals surface area contributed by atoms with Crippen molar-refractivity contribution in [3.63, 3.8) is 0 Å². The number of hydrogen-bond donors (Lipinski definition) is 2. The van der Waals surface area contributed by atoms with Crippen LogP contribution >= 0.6 is 11.6 Å². The van der Waals surface area contributed by atoms with Crippen molar-refractivity contribution in [3.8, 4) is 0 Å². The van der Waals surface area contributed by atoms with Crippen LogP contribution in [0.25, 0.3) is 21.8 Å². The number of nitrogens with zero attached hydrogens (tertiary/aromatic N) is 3. The van der Waals surface area contributed by atoms with E-state index in [2.05, 4.69) is 15.3 Å². The van der Waals surface area contributed by atoms with E-state index in [1.165, 1.54) is 0 Å². The third-order valence-corrected chi connectivity index (χ3v) is 8.24. The molecule has 5 rings (SSSR count). The number of morpholine rings is 1. The Balaban J connectivity index is 1.31. The van der Waals surface area contributed by atoms with Crippen molar-refractivity contribution in [2.75, 3.05) is 44.7 Å². The van der Waals surface area contributed by atoms with Crippen LogP contribution in [0, 0.1) is 5.41 Å². The van der Waals surface area contributed by atoms with Crippen molar-refractivity contribution < 1.29 is 23.9 Å². The minimum Gasteiger partial charge on any atom is -0.466 e. The molecule has 40 heavy (non-hydrogen) atoms. The number of benzene rings is 1. The molecule has 0 spiro atoms. The molecule has 11 heteroatoms. The molecule has 214 valence electrons. The number of pyridine rings is 1. The molecule has 2 amide bonds. The van der Waals surface area contributed by atoms with Crippen LogP contribution in [0.15, 0.2) is 30.6 Å². The van der Waals surface area contributed by atoms with Crippen LogP contribution in [0.5, 0.6) is 0 Å². The van der Waals surface area contributed by atoms with Gasteiger partial charge < -0.3 is 24.7 Å². The van der Waals surface area contributed by atoms with Gasteiger partial charge in [0.05, 0.1) is 53.7 Å². The van der Waals surface area contributed by atoms with E-state index in [1.54, 1.807) is 30.3 Å². The van der Waals surface area contributed by atoms with E-state index >= 15 is 0 Å². The molecule has 1 atom stereocenters. The van der Waals surface area contributed by atoms with E-state index in [0.29, 0.717) is 49.8 Å². The van der Waals surface area contributed by atoms with E-state index in [1.807, 2.05) is 37.8 Å². The second kappa shape index (κ2) is 11.0. The van der Waals surface area contributed by atoms with E-state index in [9.17, 15) is 14.4 Å². The molecule has 0 saturated carbocycles. The Labute approximate surface area is 238 Å². The fourth-order valence-corrected chi connectivity index (χ4v) is 5.85. The van der Waals surface area contributed by atoms with Crippen LogP contribution in [0.3, 0.4) is 0 Å². The summed E-state index contributed by atoms with van der Waals surface area (Å²) < 4.78 is 11.3. The van der Waals surface area contributed by atoms with Gasteiger partial charge in [-0.2, -0.15) is 0 Å². The number of rotatable bonds is 6. The van der Waals surface area contributed by atoms with Crippen molar-refractivity contribution in [1.29, 1.82) is 0 Å². The average molecular weight is 570 g/mol. The summed E-state index contributed by atoms with van der Waals surface area (Å²) >= 11 is 6.43. The number of esters is 1. The number of anilines is 1. The lowest BCUT2D eigenvalue weighted by atomic mass is 9.80. The van der Waals surface area contributed by atoms with Crippen LogP contribution in [-0.4, -0.2) is 88.6 Å². The molecule has 0 aliphatic carbocycles. The summed E-state index contributed by atoms with van der Waals surface area (Å²) in [6.45, 7) is 9.49. The molecule has 2 N–H and O–H groups in total. The van der Waals surface area contributed by atoms with Gasteiger partial charge in [-0.05, 0) is 58.7 Å². The first-order valence-electron chi connectivity index (χ1n) is 13.7. The first kappa shape index (κ1) is 28.3. The SMILES string of the molecule is CCOC(=O)C1(C)CCN(C(=O)CN2CC(C)(C)OC[C@H]2C(=O)Nc2cc(Cl)cc3c2[nH]c2cnccc23)CC1. The van der Waals surface area contributed by atoms with Gasteiger partial charge in [0.1, 0.15) is 6.04 Å². The Kier molecular flexibility index (Phi) is 7.78. The third kappa shape index (κ3) is 5.66. The molecule has 2 aliphatic rings. The molecule has 2 saturated heterocycles. The highest BCUT2D eigenvalue weighted by molar-refractivity contribution is 6.33. The fraction of sp³-hybridized carbons (Fsp3) is 0.517. The van der Waals surface area contributed by atoms with Gasteiger partial charge in [0.25, 0.3) is 0 Å². The molecule has 2 fully saturated rings. The number of ether oxygens (including phenoxy) is 2. The minimum absolute atomic E-state index is 0.0734. The normalized spacial score (nSPS) is 20.9. The van der Waals surface area contributed by atoms with Crippen molar-refractivity contribution in [2.24, 2.45) is 5.41 Å². The summed E-state index contributed by atoms with van der Waals surface area (Å²) in [6.07, 6.45) is 4.53. The standard InChI is InChI=1S/C29H36ClN5O5/c1-5-39-27(38)29(4)7-10-34(11-8-29)24(36)15-35-17-28(2,3)40-16-23(35)26(37)33-21-13-18(30)12-20-19-6-9-31-14-22(19)32-25(20)21/h6,9,12-14,23,32H,5,7-8,10-11,15-17H2,1-4H3,(H,33,37)/t23-/m0/s1. The minimum atomic E-state index is -0.674. The number of fused-ring (bicyclic) bond motifs is 3. The molecular weight excluding hydrogens is 534 g/mol. The largest absolute Gasteiger partial charge is 0.466 e. The summed E-state index contributed by atoms with van der Waals surface area (Å²) in [7, 11) is 0. The summed E-state index contributed by atoms with van der Waals surface area (Å²) in [6, 6.07) is 4.79. The number of carbonyl (C=O) groups is 3. The second-order valence-electron chi connectivity index (χ2n) is 11.6. The lowest BCUT2D eigenvalue weighted by Gasteiger charge is -2.44. The van der Waals surface area contributed by atoms with Crippen LogP contribution in [0.4, 0.5) is 5.69 Å². The number of halogens is 1. The zero-order valence-corrected chi connectivity index (χ0v) is 24.1. The smallest absolute Gasteiger partial charge is 0.311 e. The van der Waals surface area contributed by atoms with Gasteiger partial charge in [0.2, 0.25) is 11.8 Å². The van der Waals surface area contributed by atoms with E-state index in [0.717, 1.165) is 21.8 Å². The highest BCUT2D eigenvalue weighted by Gasteiger charge is 2.42. The Bertz CT molecular complexity index is 1450. The van der Waals surface area contributed by atoms with Crippen molar-refractivity contribution in [2.45, 2.75) is 52.2 Å². The maximum atomic E-state index is 13.7. The Morgan fingerprint density at radius 3 is 2.67 bits per heavy atom. The summed E-state index contributed by atoms with van der Waals surface area (Å²) in [4.78, 5) is 50.6. The molecule has 2 aliphatic heterocycles. The van der Waals surface area contributed by atoms with Gasteiger partial charge in [0.15, 0.2) is 0 Å². The first-order chi connectivity index (χ1) is 19.0. The number of aromatic nitrogens is 2. The number of hydrogen-bond acceptors (Lipinski definition) is 7. The van der Waals surface area contributed by atoms with Gasteiger partial charge in [-0.1, -0.05) is 11.6 Å². The van der Waals surface area contributed by atoms with Gasteiger partial charge in [-0.25, -0.2) is 0 Å². The van der Waals surface area contributed by atoms with Crippen molar-refractivity contribution >= 4 is 56.9 Å². The van der Waals surface area contributed by atoms with E-state index in [4.69, 9.17) is 21.1 Å². The van der Waals surface area contributed by atoms with Crippen LogP contribution in [0.1, 0.15) is 40.5 Å². The maximum Gasteiger partial charge on any atom is 0.311 e. The predicted molar refractivity (Wildman–Crippen MR) is 153 cm³/mol. The van der Waals surface area contributed by atoms with Crippen LogP contribution < -0.4 is 5.32 Å². The van der Waals surface area contributed by atoms with E-state index in [-0.39, 0.29) is 30.9 Å². The summed E-state index contributed by atoms with van der Waals surface area (Å²) in [5, 5.41) is 5.36. The number of H-pyrrole nitrogens is 1. The molecular formula is C29H36ClN5O5. The number of likely N-dealkylation sites (tertiary alicyclic amines) is 1. The third-order valence-electron chi connectivity index (χ3n) is 8.02. The predicted octanol–water partition coefficient (Wildman–Crippen LogP) is 3.98. The second-order valence-corrected chi connectivity index (χ2v) is 12.0. The number of nitrogens with one attached hydrogen (secondary N) is 2. The van der Waals surface area contributed by atoms with E-state index < -0.39 is 17.1 Å². The zero-order chi connectivity index (χ0) is 28.7. The molecule has 0 unspecified atom stereocenters. The quantitative estimate of drug-likeness (QED) is 0.431. The molecule has 3 aromatic rings. The van der Waals surface area contributed by atoms with Gasteiger partial charge in [-0.15, -0.1) is 0 Å². The summed E-state index contributed by atoms with van der Waals surface area (Å²) in [5.41, 5.74) is 1.03. The topological polar surface area (TPSA) is 117 Å². The highest BCUT2D eigenvalue weighted by atomic mass is 35.5. The maximum absolute atomic E-state index is 13.7. The highest BCUT2D eigenvalue weighted by Crippen LogP contribution is 2.34. The average Bonchev–Trinajstić information content (AvgIpc) is 3.27. The number of carbonyl (C=O) groups excluding carboxylic acids is 3. The first-order valence-corrected chi connectivity index (χ1v) is 14.1. The Hall–Kier alpha value is -3.21. The monoisotopic (exact) mass is 569 g/mol. The fourth-order valence-electron chi connectivity index (χ4n) is 5.63. The Morgan fingerprint density at radius 1 is 1.20 bits per heavy atom. The Morgan fingerprint density at radius 2 is 1.95 bits per heavy atom. The molecule has 0 bridgehead atoms. The number of piperidine rings is 1. The summed E-state index contributed by atoms with van der Waals surface area (Å²) in [5.74, 6) is -0.568. The lowest BCUT2D eigenvalue weighted by Crippen LogP contribution is -2.60. The number of aromatic amines is 1. The van der Waals surface area contributed by atoms with Crippen molar-refractivity contribution in [3.05, 3.63) is 35.6 Å². The van der Waals surface area contributed by atoms with Gasteiger partial charge >= 0.3 is 5.97 Å². The van der Waals surface area contributed by atoms with Crippen molar-refractivity contribution in [1.82, 2.24) is 19.8 Å². The zero-order valence-electron chi connectivity index (χ0n) is 23.4. The number of amides is 2. The lowest BCUT2D eigenvalue weighted by molar-refractivity contribution is -0.160. The van der Waals surface area contributed by atoms with Gasteiger partial charge in [0, 0.05) is 41.6 Å². The molecule has 4 heterocycles. The van der Waals surface area contributed by atoms with Gasteiger partial charge in [-0.3, -0.25) is 24.3 Å². The molecule has 10 nitrogen and oxygen atoms in total. The molecule has 2 aromatic heterocycles. The molecule has 1 aromatic carbocycles. The van der Waals surface area contributed by atoms with Crippen LogP contribution in [-0.2, 0) is 23.9 Å².